The maximum absolute atomic E-state index is 12.9. The molecule has 0 aliphatic rings. The Labute approximate surface area is 152 Å². The molecule has 0 bridgehead atoms. The normalized spacial score (nSPS) is 14.5. The van der Waals surface area contributed by atoms with Crippen molar-refractivity contribution in [2.45, 2.75) is 38.1 Å². The second-order valence-electron chi connectivity index (χ2n) is 6.26. The van der Waals surface area contributed by atoms with E-state index in [-0.39, 0.29) is 32.1 Å². The second kappa shape index (κ2) is 11.4. The number of ether oxygens (including phenoxy) is 2. The molecule has 26 heavy (non-hydrogen) atoms. The Balaban J connectivity index is 2.37. The Kier molecular flexibility index (Phi) is 9.93. The van der Waals surface area contributed by atoms with Crippen LogP contribution in [0.1, 0.15) is 25.3 Å². The predicted octanol–water partition coefficient (Wildman–Crippen LogP) is 2.55. The molecule has 0 aromatic heterocycles. The molecule has 1 aromatic rings. The summed E-state index contributed by atoms with van der Waals surface area (Å²) in [4.78, 5) is 1.68. The number of rotatable bonds is 12. The van der Waals surface area contributed by atoms with Gasteiger partial charge in [-0.1, -0.05) is 25.5 Å². The summed E-state index contributed by atoms with van der Waals surface area (Å²) in [6.45, 7) is 3.00. The molecule has 0 heterocycles. The van der Waals surface area contributed by atoms with Gasteiger partial charge in [-0.2, -0.15) is 13.2 Å². The van der Waals surface area contributed by atoms with E-state index in [2.05, 4.69) is 0 Å². The van der Waals surface area contributed by atoms with Crippen molar-refractivity contribution in [3.63, 3.8) is 0 Å². The molecule has 0 radical (unpaired) electrons. The molecule has 1 aromatic carbocycles. The van der Waals surface area contributed by atoms with Crippen LogP contribution in [0.25, 0.3) is 0 Å². The number of alkyl halides is 3. The number of halogens is 3. The third-order valence-electron chi connectivity index (χ3n) is 3.62. The number of para-hydroxylation sites is 1. The fraction of sp³-hybridized carbons (Fsp3) is 0.667. The summed E-state index contributed by atoms with van der Waals surface area (Å²) in [7, 11) is 1.70. The molecule has 150 valence electrons. The van der Waals surface area contributed by atoms with Crippen LogP contribution in [0.15, 0.2) is 24.3 Å². The highest BCUT2D eigenvalue weighted by Gasteiger charge is 2.34. The number of hydrogen-bond donors (Lipinski definition) is 2. The van der Waals surface area contributed by atoms with E-state index >= 15 is 0 Å². The van der Waals surface area contributed by atoms with Gasteiger partial charge in [-0.3, -0.25) is 0 Å². The summed E-state index contributed by atoms with van der Waals surface area (Å²) in [5.41, 5.74) is -0.875. The van der Waals surface area contributed by atoms with Gasteiger partial charge < -0.3 is 24.6 Å². The Morgan fingerprint density at radius 3 is 2.31 bits per heavy atom. The summed E-state index contributed by atoms with van der Waals surface area (Å²) in [5.74, 6) is -0.314. The van der Waals surface area contributed by atoms with Gasteiger partial charge in [0.25, 0.3) is 0 Å². The largest absolute Gasteiger partial charge is 0.490 e. The van der Waals surface area contributed by atoms with Crippen molar-refractivity contribution in [1.82, 2.24) is 4.90 Å². The molecular weight excluding hydrogens is 351 g/mol. The lowest BCUT2D eigenvalue weighted by molar-refractivity contribution is -0.139. The van der Waals surface area contributed by atoms with Gasteiger partial charge in [-0.15, -0.1) is 0 Å². The molecule has 0 unspecified atom stereocenters. The number of aliphatic hydroxyl groups excluding tert-OH is 2. The van der Waals surface area contributed by atoms with Crippen LogP contribution in [-0.4, -0.2) is 67.3 Å². The molecule has 0 aliphatic heterocycles. The van der Waals surface area contributed by atoms with E-state index in [1.807, 2.05) is 6.92 Å². The van der Waals surface area contributed by atoms with Crippen molar-refractivity contribution in [1.29, 1.82) is 0 Å². The van der Waals surface area contributed by atoms with Gasteiger partial charge in [0.05, 0.1) is 18.3 Å². The number of nitrogens with zero attached hydrogens (tertiary/aromatic N) is 1. The van der Waals surface area contributed by atoms with Gasteiger partial charge in [0.2, 0.25) is 0 Å². The fourth-order valence-corrected chi connectivity index (χ4v) is 2.38. The van der Waals surface area contributed by atoms with Gasteiger partial charge in [0, 0.05) is 19.7 Å². The Morgan fingerprint density at radius 2 is 1.69 bits per heavy atom. The zero-order valence-corrected chi connectivity index (χ0v) is 15.2. The highest BCUT2D eigenvalue weighted by atomic mass is 19.4. The summed E-state index contributed by atoms with van der Waals surface area (Å²) >= 11 is 0. The van der Waals surface area contributed by atoms with Crippen LogP contribution in [0.5, 0.6) is 5.75 Å². The van der Waals surface area contributed by atoms with Crippen LogP contribution >= 0.6 is 0 Å². The van der Waals surface area contributed by atoms with Crippen molar-refractivity contribution >= 4 is 0 Å². The molecule has 2 N–H and O–H groups in total. The van der Waals surface area contributed by atoms with E-state index < -0.39 is 23.9 Å². The van der Waals surface area contributed by atoms with E-state index in [1.165, 1.54) is 18.2 Å². The number of aliphatic hydroxyl groups is 2. The van der Waals surface area contributed by atoms with Crippen molar-refractivity contribution in [2.24, 2.45) is 0 Å². The van der Waals surface area contributed by atoms with Crippen LogP contribution in [0.4, 0.5) is 13.2 Å². The molecule has 0 amide bonds. The lowest BCUT2D eigenvalue weighted by atomic mass is 10.2. The van der Waals surface area contributed by atoms with Crippen LogP contribution in [-0.2, 0) is 10.9 Å². The molecule has 0 aliphatic carbocycles. The maximum atomic E-state index is 12.9. The van der Waals surface area contributed by atoms with E-state index in [0.29, 0.717) is 6.61 Å². The molecule has 0 spiro atoms. The first-order valence-corrected chi connectivity index (χ1v) is 8.65. The van der Waals surface area contributed by atoms with Crippen LogP contribution < -0.4 is 4.74 Å². The molecule has 2 atom stereocenters. The number of likely N-dealkylation sites (N-methyl/N-ethyl adjacent to an activating group) is 1. The molecule has 8 heteroatoms. The quantitative estimate of drug-likeness (QED) is 0.547. The van der Waals surface area contributed by atoms with Crippen molar-refractivity contribution in [2.75, 3.05) is 40.0 Å². The highest BCUT2D eigenvalue weighted by Crippen LogP contribution is 2.35. The molecular formula is C18H28F3NO4. The first-order chi connectivity index (χ1) is 12.2. The van der Waals surface area contributed by atoms with Crippen LogP contribution in [0.3, 0.4) is 0 Å². The topological polar surface area (TPSA) is 62.2 Å². The van der Waals surface area contributed by atoms with E-state index in [4.69, 9.17) is 9.47 Å². The zero-order chi connectivity index (χ0) is 19.6. The highest BCUT2D eigenvalue weighted by molar-refractivity contribution is 5.35. The van der Waals surface area contributed by atoms with E-state index in [0.717, 1.165) is 18.9 Å². The molecule has 5 nitrogen and oxygen atoms in total. The average Bonchev–Trinajstić information content (AvgIpc) is 2.56. The van der Waals surface area contributed by atoms with E-state index in [9.17, 15) is 23.4 Å². The monoisotopic (exact) mass is 379 g/mol. The van der Waals surface area contributed by atoms with Gasteiger partial charge >= 0.3 is 6.18 Å². The first kappa shape index (κ1) is 22.7. The second-order valence-corrected chi connectivity index (χ2v) is 6.26. The number of unbranched alkanes of at least 4 members (excludes halogenated alkanes) is 1. The lowest BCUT2D eigenvalue weighted by Gasteiger charge is -2.23. The summed E-state index contributed by atoms with van der Waals surface area (Å²) < 4.78 is 49.1. The van der Waals surface area contributed by atoms with Crippen LogP contribution in [0, 0.1) is 0 Å². The maximum Gasteiger partial charge on any atom is 0.419 e. The zero-order valence-electron chi connectivity index (χ0n) is 15.2. The molecule has 0 saturated heterocycles. The Hall–Kier alpha value is -1.35. The molecule has 0 saturated carbocycles. The number of hydrogen-bond acceptors (Lipinski definition) is 5. The molecule has 1 rings (SSSR count). The van der Waals surface area contributed by atoms with E-state index in [1.54, 1.807) is 11.9 Å². The van der Waals surface area contributed by atoms with Crippen LogP contribution in [0.2, 0.25) is 0 Å². The minimum atomic E-state index is -4.51. The minimum Gasteiger partial charge on any atom is -0.490 e. The Bertz CT molecular complexity index is 513. The van der Waals surface area contributed by atoms with Crippen molar-refractivity contribution in [3.05, 3.63) is 29.8 Å². The third kappa shape index (κ3) is 8.84. The fourth-order valence-electron chi connectivity index (χ4n) is 2.38. The molecule has 0 fully saturated rings. The predicted molar refractivity (Wildman–Crippen MR) is 92.2 cm³/mol. The average molecular weight is 379 g/mol. The summed E-state index contributed by atoms with van der Waals surface area (Å²) in [5, 5.41) is 19.8. The minimum absolute atomic E-state index is 0.153. The van der Waals surface area contributed by atoms with Crippen molar-refractivity contribution < 1.29 is 32.9 Å². The van der Waals surface area contributed by atoms with Gasteiger partial charge in [0.15, 0.2) is 0 Å². The lowest BCUT2D eigenvalue weighted by Crippen LogP contribution is -2.39. The van der Waals surface area contributed by atoms with Crippen molar-refractivity contribution in [3.8, 4) is 5.75 Å². The van der Waals surface area contributed by atoms with Gasteiger partial charge in [-0.25, -0.2) is 0 Å². The first-order valence-electron chi connectivity index (χ1n) is 8.65. The third-order valence-corrected chi connectivity index (χ3v) is 3.62. The van der Waals surface area contributed by atoms with Gasteiger partial charge in [-0.05, 0) is 25.6 Å². The summed E-state index contributed by atoms with van der Waals surface area (Å²) in [6.07, 6.45) is -4.26. The Morgan fingerprint density at radius 1 is 1.08 bits per heavy atom. The van der Waals surface area contributed by atoms with Gasteiger partial charge in [0.1, 0.15) is 18.5 Å². The smallest absolute Gasteiger partial charge is 0.419 e. The SMILES string of the molecule is CCCCOC[C@H](O)CN(C)C[C@H](O)COc1ccccc1C(F)(F)F. The standard InChI is InChI=1S/C18H28F3NO4/c1-3-4-9-25-12-14(23)10-22(2)11-15(24)13-26-17-8-6-5-7-16(17)18(19,20)21/h5-8,14-15,23-24H,3-4,9-13H2,1-2H3/t14-,15+/m1/s1. The summed E-state index contributed by atoms with van der Waals surface area (Å²) in [6, 6.07) is 4.88. The number of benzene rings is 1.